The fourth-order valence-corrected chi connectivity index (χ4v) is 1.22. The Morgan fingerprint density at radius 1 is 1.42 bits per heavy atom. The number of rotatable bonds is 5. The lowest BCUT2D eigenvalue weighted by Gasteiger charge is -2.08. The second-order valence-corrected chi connectivity index (χ2v) is 3.63. The maximum Gasteiger partial charge on any atom is 0.307 e. The van der Waals surface area contributed by atoms with Crippen molar-refractivity contribution in [3.05, 3.63) is 12.2 Å². The molecular formula is C10H18O2. The van der Waals surface area contributed by atoms with Gasteiger partial charge in [-0.15, -0.1) is 0 Å². The third-order valence-electron chi connectivity index (χ3n) is 1.60. The average Bonchev–Trinajstić information content (AvgIpc) is 1.84. The van der Waals surface area contributed by atoms with E-state index in [1.54, 1.807) is 6.08 Å². The van der Waals surface area contributed by atoms with Gasteiger partial charge in [0.25, 0.3) is 0 Å². The molecule has 0 aromatic heterocycles. The lowest BCUT2D eigenvalue weighted by atomic mass is 9.98. The molecule has 12 heavy (non-hydrogen) atoms. The van der Waals surface area contributed by atoms with E-state index in [0.29, 0.717) is 11.8 Å². The van der Waals surface area contributed by atoms with Crippen molar-refractivity contribution in [1.82, 2.24) is 0 Å². The first-order valence-corrected chi connectivity index (χ1v) is 4.40. The predicted molar refractivity (Wildman–Crippen MR) is 50.0 cm³/mol. The number of carboxylic acid groups (broad SMARTS) is 1. The summed E-state index contributed by atoms with van der Waals surface area (Å²) >= 11 is 0. The van der Waals surface area contributed by atoms with Crippen molar-refractivity contribution < 1.29 is 9.90 Å². The van der Waals surface area contributed by atoms with Crippen LogP contribution in [0.4, 0.5) is 0 Å². The first-order chi connectivity index (χ1) is 5.52. The molecule has 0 heterocycles. The number of hydrogen-bond donors (Lipinski definition) is 1. The highest BCUT2D eigenvalue weighted by Gasteiger charge is 2.00. The van der Waals surface area contributed by atoms with Crippen molar-refractivity contribution >= 4 is 5.97 Å². The molecule has 1 unspecified atom stereocenters. The van der Waals surface area contributed by atoms with E-state index in [1.807, 2.05) is 6.08 Å². The SMILES string of the molecule is CC(C)CC(C)C=CCC(=O)O. The minimum absolute atomic E-state index is 0.141. The number of allylic oxidation sites excluding steroid dienone is 1. The van der Waals surface area contributed by atoms with Crippen LogP contribution in [0.15, 0.2) is 12.2 Å². The Kier molecular flexibility index (Phi) is 5.43. The lowest BCUT2D eigenvalue weighted by molar-refractivity contribution is -0.136. The maximum absolute atomic E-state index is 10.2. The third-order valence-corrected chi connectivity index (χ3v) is 1.60. The minimum atomic E-state index is -0.761. The van der Waals surface area contributed by atoms with Gasteiger partial charge in [0.1, 0.15) is 0 Å². The summed E-state index contributed by atoms with van der Waals surface area (Å²) in [4.78, 5) is 10.2. The number of hydrogen-bond acceptors (Lipinski definition) is 1. The van der Waals surface area contributed by atoms with Crippen LogP contribution < -0.4 is 0 Å². The largest absolute Gasteiger partial charge is 0.481 e. The normalized spacial score (nSPS) is 14.0. The molecule has 0 aromatic rings. The molecule has 0 saturated heterocycles. The Morgan fingerprint density at radius 3 is 2.42 bits per heavy atom. The minimum Gasteiger partial charge on any atom is -0.481 e. The van der Waals surface area contributed by atoms with Crippen molar-refractivity contribution in [3.63, 3.8) is 0 Å². The molecule has 1 atom stereocenters. The van der Waals surface area contributed by atoms with Gasteiger partial charge in [-0.1, -0.05) is 32.9 Å². The third kappa shape index (κ3) is 7.32. The van der Waals surface area contributed by atoms with Crippen molar-refractivity contribution in [3.8, 4) is 0 Å². The highest BCUT2D eigenvalue weighted by molar-refractivity contribution is 5.68. The van der Waals surface area contributed by atoms with Gasteiger partial charge in [-0.2, -0.15) is 0 Å². The van der Waals surface area contributed by atoms with Gasteiger partial charge < -0.3 is 5.11 Å². The molecule has 0 aliphatic carbocycles. The van der Waals surface area contributed by atoms with Crippen molar-refractivity contribution in [2.45, 2.75) is 33.6 Å². The van der Waals surface area contributed by atoms with Gasteiger partial charge in [-0.05, 0) is 18.3 Å². The molecule has 2 nitrogen and oxygen atoms in total. The molecule has 0 amide bonds. The van der Waals surface area contributed by atoms with Crippen LogP contribution >= 0.6 is 0 Å². The van der Waals surface area contributed by atoms with Gasteiger partial charge in [0, 0.05) is 0 Å². The molecule has 0 bridgehead atoms. The molecular weight excluding hydrogens is 152 g/mol. The van der Waals surface area contributed by atoms with Crippen molar-refractivity contribution in [1.29, 1.82) is 0 Å². The lowest BCUT2D eigenvalue weighted by Crippen LogP contribution is -1.97. The van der Waals surface area contributed by atoms with E-state index in [-0.39, 0.29) is 6.42 Å². The molecule has 1 N–H and O–H groups in total. The second kappa shape index (κ2) is 5.81. The van der Waals surface area contributed by atoms with Crippen LogP contribution in [0.3, 0.4) is 0 Å². The van der Waals surface area contributed by atoms with Crippen LogP contribution in [0.25, 0.3) is 0 Å². The van der Waals surface area contributed by atoms with Gasteiger partial charge in [0.15, 0.2) is 0 Å². The van der Waals surface area contributed by atoms with E-state index in [1.165, 1.54) is 0 Å². The summed E-state index contributed by atoms with van der Waals surface area (Å²) in [6.07, 6.45) is 4.97. The fourth-order valence-electron chi connectivity index (χ4n) is 1.22. The highest BCUT2D eigenvalue weighted by atomic mass is 16.4. The van der Waals surface area contributed by atoms with E-state index in [2.05, 4.69) is 20.8 Å². The Morgan fingerprint density at radius 2 is 2.00 bits per heavy atom. The molecule has 0 aliphatic rings. The molecule has 0 rings (SSSR count). The Hall–Kier alpha value is -0.790. The summed E-state index contributed by atoms with van der Waals surface area (Å²) in [5, 5.41) is 8.36. The molecule has 0 aromatic carbocycles. The first kappa shape index (κ1) is 11.2. The molecule has 0 radical (unpaired) electrons. The summed E-state index contributed by atoms with van der Waals surface area (Å²) in [5.41, 5.74) is 0. The number of aliphatic carboxylic acids is 1. The van der Waals surface area contributed by atoms with Gasteiger partial charge in [0.2, 0.25) is 0 Å². The Bertz CT molecular complexity index is 159. The van der Waals surface area contributed by atoms with Gasteiger partial charge in [0.05, 0.1) is 6.42 Å². The summed E-state index contributed by atoms with van der Waals surface area (Å²) < 4.78 is 0. The predicted octanol–water partition coefficient (Wildman–Crippen LogP) is 2.70. The topological polar surface area (TPSA) is 37.3 Å². The molecule has 0 saturated carbocycles. The van der Waals surface area contributed by atoms with E-state index < -0.39 is 5.97 Å². The summed E-state index contributed by atoms with van der Waals surface area (Å²) in [6.45, 7) is 6.45. The van der Waals surface area contributed by atoms with Crippen LogP contribution in [0.1, 0.15) is 33.6 Å². The molecule has 0 aliphatic heterocycles. The Balaban J connectivity index is 3.60. The van der Waals surface area contributed by atoms with Crippen molar-refractivity contribution in [2.75, 3.05) is 0 Å². The number of carboxylic acids is 1. The van der Waals surface area contributed by atoms with Gasteiger partial charge in [-0.25, -0.2) is 0 Å². The smallest absolute Gasteiger partial charge is 0.307 e. The monoisotopic (exact) mass is 170 g/mol. The quantitative estimate of drug-likeness (QED) is 0.644. The van der Waals surface area contributed by atoms with E-state index in [4.69, 9.17) is 5.11 Å². The van der Waals surface area contributed by atoms with Crippen LogP contribution in [0, 0.1) is 11.8 Å². The highest BCUT2D eigenvalue weighted by Crippen LogP contribution is 2.11. The van der Waals surface area contributed by atoms with E-state index in [0.717, 1.165) is 6.42 Å². The standard InChI is InChI=1S/C10H18O2/c1-8(2)7-9(3)5-4-6-10(11)12/h4-5,8-9H,6-7H2,1-3H3,(H,11,12). The van der Waals surface area contributed by atoms with Crippen LogP contribution in [-0.4, -0.2) is 11.1 Å². The first-order valence-electron chi connectivity index (χ1n) is 4.40. The fraction of sp³-hybridized carbons (Fsp3) is 0.700. The Labute approximate surface area is 74.3 Å². The second-order valence-electron chi connectivity index (χ2n) is 3.63. The molecule has 0 spiro atoms. The van der Waals surface area contributed by atoms with Crippen LogP contribution in [0.2, 0.25) is 0 Å². The zero-order valence-electron chi connectivity index (χ0n) is 8.08. The molecule has 70 valence electrons. The zero-order valence-corrected chi connectivity index (χ0v) is 8.08. The molecule has 2 heteroatoms. The number of carbonyl (C=O) groups is 1. The van der Waals surface area contributed by atoms with E-state index in [9.17, 15) is 4.79 Å². The summed E-state index contributed by atoms with van der Waals surface area (Å²) in [6, 6.07) is 0. The summed E-state index contributed by atoms with van der Waals surface area (Å²) in [7, 11) is 0. The van der Waals surface area contributed by atoms with Crippen LogP contribution in [0.5, 0.6) is 0 Å². The van der Waals surface area contributed by atoms with E-state index >= 15 is 0 Å². The van der Waals surface area contributed by atoms with Gasteiger partial charge >= 0.3 is 5.97 Å². The molecule has 0 fully saturated rings. The maximum atomic E-state index is 10.2. The average molecular weight is 170 g/mol. The van der Waals surface area contributed by atoms with Gasteiger partial charge in [-0.3, -0.25) is 4.79 Å². The van der Waals surface area contributed by atoms with Crippen molar-refractivity contribution in [2.24, 2.45) is 11.8 Å². The summed E-state index contributed by atoms with van der Waals surface area (Å²) in [5.74, 6) is 0.404. The zero-order chi connectivity index (χ0) is 9.56. The van der Waals surface area contributed by atoms with Crippen LogP contribution in [-0.2, 0) is 4.79 Å².